The summed E-state index contributed by atoms with van der Waals surface area (Å²) >= 11 is 0. The molecule has 0 aliphatic carbocycles. The number of ether oxygens (including phenoxy) is 1. The van der Waals surface area contributed by atoms with Crippen molar-refractivity contribution in [3.63, 3.8) is 0 Å². The molecule has 0 radical (unpaired) electrons. The fraction of sp³-hybridized carbons (Fsp3) is 0.440. The van der Waals surface area contributed by atoms with Gasteiger partial charge >= 0.3 is 5.97 Å². The highest BCUT2D eigenvalue weighted by Gasteiger charge is 2.52. The number of sulfonamides is 1. The van der Waals surface area contributed by atoms with E-state index in [0.717, 1.165) is 16.1 Å². The number of nitrogens with zero attached hydrogens (tertiary/aromatic N) is 2. The molecule has 8 nitrogen and oxygen atoms in total. The topological polar surface area (TPSA) is 104 Å². The Morgan fingerprint density at radius 1 is 1.09 bits per heavy atom. The Morgan fingerprint density at radius 2 is 1.74 bits per heavy atom. The first-order valence-corrected chi connectivity index (χ1v) is 12.9. The Labute approximate surface area is 201 Å². The third-order valence-corrected chi connectivity index (χ3v) is 7.49. The fourth-order valence-electron chi connectivity index (χ4n) is 4.40. The Morgan fingerprint density at radius 3 is 2.26 bits per heavy atom. The van der Waals surface area contributed by atoms with Crippen molar-refractivity contribution in [3.8, 4) is 5.75 Å². The lowest BCUT2D eigenvalue weighted by Crippen LogP contribution is -2.69. The average Bonchev–Trinajstić information content (AvgIpc) is 2.77. The largest absolute Gasteiger partial charge is 0.496 e. The maximum atomic E-state index is 13.7. The molecule has 1 heterocycles. The van der Waals surface area contributed by atoms with Gasteiger partial charge in [0.15, 0.2) is 5.54 Å². The Balaban J connectivity index is 2.10. The van der Waals surface area contributed by atoms with E-state index in [1.54, 1.807) is 36.4 Å². The van der Waals surface area contributed by atoms with E-state index in [0.29, 0.717) is 11.3 Å². The van der Waals surface area contributed by atoms with Crippen molar-refractivity contribution in [3.05, 3.63) is 65.2 Å². The number of hydrogen-bond acceptors (Lipinski definition) is 5. The zero-order valence-electron chi connectivity index (χ0n) is 20.2. The highest BCUT2D eigenvalue weighted by atomic mass is 32.2. The van der Waals surface area contributed by atoms with Crippen LogP contribution in [0.2, 0.25) is 0 Å². The zero-order chi connectivity index (χ0) is 25.3. The number of benzene rings is 2. The van der Waals surface area contributed by atoms with E-state index in [4.69, 9.17) is 4.74 Å². The number of carbonyl (C=O) groups is 2. The van der Waals surface area contributed by atoms with Crippen molar-refractivity contribution in [1.82, 2.24) is 9.21 Å². The predicted molar refractivity (Wildman–Crippen MR) is 130 cm³/mol. The molecule has 3 rings (SSSR count). The Hall–Kier alpha value is -2.91. The summed E-state index contributed by atoms with van der Waals surface area (Å²) in [6.07, 6.45) is 1.02. The molecule has 2 aromatic rings. The first-order chi connectivity index (χ1) is 15.8. The molecule has 0 spiro atoms. The molecule has 34 heavy (non-hydrogen) atoms. The molecular formula is C25H32N2O6S. The van der Waals surface area contributed by atoms with Crippen LogP contribution in [0.3, 0.4) is 0 Å². The van der Waals surface area contributed by atoms with Gasteiger partial charge in [-0.1, -0.05) is 57.2 Å². The van der Waals surface area contributed by atoms with E-state index in [9.17, 15) is 23.1 Å². The van der Waals surface area contributed by atoms with Crippen LogP contribution >= 0.6 is 0 Å². The van der Waals surface area contributed by atoms with E-state index < -0.39 is 27.4 Å². The van der Waals surface area contributed by atoms with Gasteiger partial charge in [0.25, 0.3) is 5.91 Å². The standard InChI is InChI=1S/C25H32N2O6S/c1-24(2,3)20-12-11-19(15-21(20)33-4)22(28)27-14-13-26(34(5,31)32)17-25(27,23(29)30)16-18-9-7-6-8-10-18/h6-12,15H,13-14,16-17H2,1-5H3,(H,29,30). The number of amides is 1. The Kier molecular flexibility index (Phi) is 7.10. The SMILES string of the molecule is COc1cc(C(=O)N2CCN(S(C)(=O)=O)CC2(Cc2ccccc2)C(=O)O)ccc1C(C)(C)C. The van der Waals surface area contributed by atoms with Crippen LogP contribution in [0.25, 0.3) is 0 Å². The molecule has 1 fully saturated rings. The van der Waals surface area contributed by atoms with E-state index in [1.165, 1.54) is 12.0 Å². The van der Waals surface area contributed by atoms with E-state index in [1.807, 2.05) is 32.9 Å². The predicted octanol–water partition coefficient (Wildman–Crippen LogP) is 2.78. The number of carboxylic acid groups (broad SMARTS) is 1. The molecule has 1 aliphatic rings. The van der Waals surface area contributed by atoms with Crippen LogP contribution in [0.15, 0.2) is 48.5 Å². The van der Waals surface area contributed by atoms with Gasteiger partial charge in [-0.15, -0.1) is 0 Å². The summed E-state index contributed by atoms with van der Waals surface area (Å²) in [5, 5.41) is 10.4. The maximum Gasteiger partial charge on any atom is 0.331 e. The third-order valence-electron chi connectivity index (χ3n) is 6.24. The highest BCUT2D eigenvalue weighted by Crippen LogP contribution is 2.34. The summed E-state index contributed by atoms with van der Waals surface area (Å²) < 4.78 is 31.3. The number of rotatable bonds is 6. The van der Waals surface area contributed by atoms with Gasteiger partial charge in [0.05, 0.1) is 13.4 Å². The molecule has 0 aromatic heterocycles. The summed E-state index contributed by atoms with van der Waals surface area (Å²) in [5.41, 5.74) is -0.0840. The van der Waals surface area contributed by atoms with Gasteiger partial charge in [-0.2, -0.15) is 4.31 Å². The molecular weight excluding hydrogens is 456 g/mol. The summed E-state index contributed by atoms with van der Waals surface area (Å²) in [7, 11) is -2.13. The molecule has 0 bridgehead atoms. The number of carbonyl (C=O) groups excluding carboxylic acids is 1. The number of methoxy groups -OCH3 is 1. The number of piperazine rings is 1. The molecule has 1 unspecified atom stereocenters. The van der Waals surface area contributed by atoms with Crippen molar-refractivity contribution in [2.75, 3.05) is 33.0 Å². The maximum absolute atomic E-state index is 13.7. The second-order valence-electron chi connectivity index (χ2n) is 9.72. The molecule has 1 amide bonds. The smallest absolute Gasteiger partial charge is 0.331 e. The Bertz CT molecular complexity index is 1170. The fourth-order valence-corrected chi connectivity index (χ4v) is 5.27. The molecule has 184 valence electrons. The van der Waals surface area contributed by atoms with Gasteiger partial charge in [-0.3, -0.25) is 4.79 Å². The minimum Gasteiger partial charge on any atom is -0.496 e. The van der Waals surface area contributed by atoms with Crippen LogP contribution < -0.4 is 4.74 Å². The van der Waals surface area contributed by atoms with Crippen LogP contribution in [0, 0.1) is 0 Å². The van der Waals surface area contributed by atoms with E-state index in [2.05, 4.69) is 0 Å². The normalized spacial score (nSPS) is 19.6. The first-order valence-electron chi connectivity index (χ1n) is 11.0. The molecule has 1 N–H and O–H groups in total. The molecule has 1 saturated heterocycles. The average molecular weight is 489 g/mol. The third kappa shape index (κ3) is 5.10. The van der Waals surface area contributed by atoms with Gasteiger partial charge < -0.3 is 14.7 Å². The molecule has 2 aromatic carbocycles. The number of hydrogen-bond donors (Lipinski definition) is 1. The van der Waals surface area contributed by atoms with Crippen molar-refractivity contribution in [1.29, 1.82) is 0 Å². The number of carboxylic acids is 1. The monoisotopic (exact) mass is 488 g/mol. The lowest BCUT2D eigenvalue weighted by molar-refractivity contribution is -0.152. The minimum atomic E-state index is -3.66. The second-order valence-corrected chi connectivity index (χ2v) is 11.7. The molecule has 1 aliphatic heterocycles. The van der Waals surface area contributed by atoms with Crippen molar-refractivity contribution in [2.45, 2.75) is 38.1 Å². The van der Waals surface area contributed by atoms with Crippen molar-refractivity contribution < 1.29 is 27.9 Å². The second kappa shape index (κ2) is 9.38. The van der Waals surface area contributed by atoms with Gasteiger partial charge in [-0.25, -0.2) is 13.2 Å². The number of aliphatic carboxylic acids is 1. The lowest BCUT2D eigenvalue weighted by atomic mass is 9.84. The molecule has 0 saturated carbocycles. The molecule has 9 heteroatoms. The summed E-state index contributed by atoms with van der Waals surface area (Å²) in [4.78, 5) is 27.8. The van der Waals surface area contributed by atoms with Crippen LogP contribution in [0.4, 0.5) is 0 Å². The summed E-state index contributed by atoms with van der Waals surface area (Å²) in [6.45, 7) is 5.74. The first kappa shape index (κ1) is 25.7. The van der Waals surface area contributed by atoms with Gasteiger partial charge in [-0.05, 0) is 28.7 Å². The van der Waals surface area contributed by atoms with Crippen LogP contribution in [-0.4, -0.2) is 73.1 Å². The quantitative estimate of drug-likeness (QED) is 0.671. The highest BCUT2D eigenvalue weighted by molar-refractivity contribution is 7.88. The van der Waals surface area contributed by atoms with Gasteiger partial charge in [0.1, 0.15) is 5.75 Å². The zero-order valence-corrected chi connectivity index (χ0v) is 21.1. The van der Waals surface area contributed by atoms with Crippen molar-refractivity contribution >= 4 is 21.9 Å². The van der Waals surface area contributed by atoms with E-state index in [-0.39, 0.29) is 37.0 Å². The van der Waals surface area contributed by atoms with E-state index >= 15 is 0 Å². The van der Waals surface area contributed by atoms with Crippen LogP contribution in [-0.2, 0) is 26.7 Å². The summed E-state index contributed by atoms with van der Waals surface area (Å²) in [6, 6.07) is 14.0. The van der Waals surface area contributed by atoms with Crippen molar-refractivity contribution in [2.24, 2.45) is 0 Å². The summed E-state index contributed by atoms with van der Waals surface area (Å²) in [5.74, 6) is -1.20. The van der Waals surface area contributed by atoms with Crippen LogP contribution in [0.5, 0.6) is 5.75 Å². The van der Waals surface area contributed by atoms with Gasteiger partial charge in [0.2, 0.25) is 10.0 Å². The van der Waals surface area contributed by atoms with Gasteiger partial charge in [0, 0.05) is 31.6 Å². The lowest BCUT2D eigenvalue weighted by Gasteiger charge is -2.47. The molecule has 1 atom stereocenters. The minimum absolute atomic E-state index is 0.0194. The van der Waals surface area contributed by atoms with Crippen LogP contribution in [0.1, 0.15) is 42.3 Å².